The highest BCUT2D eigenvalue weighted by Gasteiger charge is 2.30. The smallest absolute Gasteiger partial charge is 0.370 e. The molecule has 24 heavy (non-hydrogen) atoms. The van der Waals surface area contributed by atoms with Crippen LogP contribution in [0.15, 0.2) is 68.3 Å². The van der Waals surface area contributed by atoms with Gasteiger partial charge in [0.1, 0.15) is 0 Å². The van der Waals surface area contributed by atoms with Gasteiger partial charge in [-0.1, -0.05) is 17.8 Å². The van der Waals surface area contributed by atoms with Crippen LogP contribution in [0.2, 0.25) is 0 Å². The predicted molar refractivity (Wildman–Crippen MR) is 89.1 cm³/mol. The minimum Gasteiger partial charge on any atom is -0.370 e. The summed E-state index contributed by atoms with van der Waals surface area (Å²) in [6.45, 7) is 0. The molecule has 0 aliphatic heterocycles. The maximum Gasteiger partial charge on any atom is 0.416 e. The van der Waals surface area contributed by atoms with Crippen molar-refractivity contribution in [3.05, 3.63) is 54.1 Å². The monoisotopic (exact) mass is 353 g/mol. The fourth-order valence-electron chi connectivity index (χ4n) is 1.75. The molecule has 0 amide bonds. The van der Waals surface area contributed by atoms with Gasteiger partial charge in [0, 0.05) is 9.79 Å². The van der Waals surface area contributed by atoms with Crippen LogP contribution < -0.4 is 17.2 Å². The molecular formula is C15H14F3N5S. The molecule has 0 spiro atoms. The van der Waals surface area contributed by atoms with E-state index < -0.39 is 11.7 Å². The van der Waals surface area contributed by atoms with Crippen LogP contribution in [0.5, 0.6) is 0 Å². The number of aliphatic imine (C=N–C) groups is 2. The maximum absolute atomic E-state index is 12.7. The molecule has 0 saturated carbocycles. The number of alkyl halides is 3. The summed E-state index contributed by atoms with van der Waals surface area (Å²) >= 11 is 1.21. The van der Waals surface area contributed by atoms with Crippen LogP contribution in [0.4, 0.5) is 18.9 Å². The summed E-state index contributed by atoms with van der Waals surface area (Å²) in [5.41, 5.74) is 15.7. The fourth-order valence-corrected chi connectivity index (χ4v) is 2.63. The van der Waals surface area contributed by atoms with E-state index in [0.717, 1.165) is 17.0 Å². The van der Waals surface area contributed by atoms with Gasteiger partial charge in [0.2, 0.25) is 5.96 Å². The zero-order valence-electron chi connectivity index (χ0n) is 12.3. The summed E-state index contributed by atoms with van der Waals surface area (Å²) in [5, 5.41) is 0. The van der Waals surface area contributed by atoms with E-state index in [4.69, 9.17) is 17.2 Å². The average Bonchev–Trinajstić information content (AvgIpc) is 2.48. The Balaban J connectivity index is 2.14. The minimum atomic E-state index is -4.36. The number of rotatable bonds is 3. The van der Waals surface area contributed by atoms with Crippen molar-refractivity contribution in [1.29, 1.82) is 0 Å². The predicted octanol–water partition coefficient (Wildman–Crippen LogP) is 3.08. The molecular weight excluding hydrogens is 339 g/mol. The molecule has 126 valence electrons. The largest absolute Gasteiger partial charge is 0.416 e. The quantitative estimate of drug-likeness (QED) is 0.583. The van der Waals surface area contributed by atoms with E-state index in [9.17, 15) is 13.2 Å². The Hall–Kier alpha value is -2.68. The van der Waals surface area contributed by atoms with E-state index >= 15 is 0 Å². The molecule has 0 saturated heterocycles. The summed E-state index contributed by atoms with van der Waals surface area (Å²) in [5.74, 6) is -0.291. The van der Waals surface area contributed by atoms with Crippen molar-refractivity contribution in [1.82, 2.24) is 0 Å². The van der Waals surface area contributed by atoms with Gasteiger partial charge in [-0.05, 0) is 42.5 Å². The zero-order chi connectivity index (χ0) is 17.7. The molecule has 0 unspecified atom stereocenters. The third kappa shape index (κ3) is 5.20. The second kappa shape index (κ2) is 7.26. The molecule has 2 aromatic carbocycles. The van der Waals surface area contributed by atoms with Gasteiger partial charge in [-0.3, -0.25) is 0 Å². The lowest BCUT2D eigenvalue weighted by molar-refractivity contribution is -0.137. The van der Waals surface area contributed by atoms with E-state index in [2.05, 4.69) is 9.98 Å². The van der Waals surface area contributed by atoms with Gasteiger partial charge in [-0.15, -0.1) is 0 Å². The second-order valence-electron chi connectivity index (χ2n) is 4.63. The van der Waals surface area contributed by atoms with Crippen molar-refractivity contribution in [2.75, 3.05) is 0 Å². The normalized spacial score (nSPS) is 12.0. The summed E-state index contributed by atoms with van der Waals surface area (Å²) in [6, 6.07) is 11.9. The lowest BCUT2D eigenvalue weighted by Crippen LogP contribution is -2.26. The van der Waals surface area contributed by atoms with Crippen LogP contribution in [-0.4, -0.2) is 11.9 Å². The fraction of sp³-hybridized carbons (Fsp3) is 0.0667. The highest BCUT2D eigenvalue weighted by Crippen LogP contribution is 2.34. The van der Waals surface area contributed by atoms with Crippen LogP contribution in [0.25, 0.3) is 0 Å². The van der Waals surface area contributed by atoms with Crippen molar-refractivity contribution in [3.63, 3.8) is 0 Å². The van der Waals surface area contributed by atoms with Crippen LogP contribution >= 0.6 is 11.8 Å². The molecule has 0 aromatic heterocycles. The highest BCUT2D eigenvalue weighted by molar-refractivity contribution is 7.99. The number of benzene rings is 2. The molecule has 6 N–H and O–H groups in total. The lowest BCUT2D eigenvalue weighted by Gasteiger charge is -2.08. The first kappa shape index (κ1) is 17.7. The van der Waals surface area contributed by atoms with Crippen molar-refractivity contribution < 1.29 is 13.2 Å². The van der Waals surface area contributed by atoms with Crippen molar-refractivity contribution in [2.24, 2.45) is 27.2 Å². The van der Waals surface area contributed by atoms with Crippen molar-refractivity contribution in [3.8, 4) is 0 Å². The second-order valence-corrected chi connectivity index (χ2v) is 5.78. The number of hydrogen-bond acceptors (Lipinski definition) is 2. The molecule has 0 fully saturated rings. The number of guanidine groups is 2. The van der Waals surface area contributed by atoms with Gasteiger partial charge >= 0.3 is 6.18 Å². The van der Waals surface area contributed by atoms with E-state index in [1.807, 2.05) is 0 Å². The summed E-state index contributed by atoms with van der Waals surface area (Å²) < 4.78 is 38.1. The van der Waals surface area contributed by atoms with Crippen molar-refractivity contribution in [2.45, 2.75) is 16.0 Å². The first-order valence-electron chi connectivity index (χ1n) is 6.63. The van der Waals surface area contributed by atoms with Gasteiger partial charge in [-0.2, -0.15) is 18.2 Å². The summed E-state index contributed by atoms with van der Waals surface area (Å²) in [4.78, 5) is 8.81. The topological polar surface area (TPSA) is 103 Å². The molecule has 9 heteroatoms. The molecule has 0 aliphatic carbocycles. The standard InChI is InChI=1S/C15H14F3N5S/c16-15(17,18)9-2-1-3-12(8-9)24-11-6-4-10(5-7-11)22-14(21)23-13(19)20/h1-8H,(H6,19,20,21,22,23). The van der Waals surface area contributed by atoms with Gasteiger partial charge in [0.15, 0.2) is 5.96 Å². The van der Waals surface area contributed by atoms with Gasteiger partial charge in [-0.25, -0.2) is 4.99 Å². The summed E-state index contributed by atoms with van der Waals surface area (Å²) in [6.07, 6.45) is -4.36. The molecule has 0 radical (unpaired) electrons. The average molecular weight is 353 g/mol. The Labute approximate surface area is 140 Å². The zero-order valence-corrected chi connectivity index (χ0v) is 13.1. The number of nitrogens with zero attached hydrogens (tertiary/aromatic N) is 2. The number of halogens is 3. The molecule has 0 atom stereocenters. The molecule has 2 aromatic rings. The van der Waals surface area contributed by atoms with E-state index in [0.29, 0.717) is 10.6 Å². The lowest BCUT2D eigenvalue weighted by atomic mass is 10.2. The van der Waals surface area contributed by atoms with Crippen LogP contribution in [0.1, 0.15) is 5.56 Å². The SMILES string of the molecule is NC(N)=NC(N)=Nc1ccc(Sc2cccc(C(F)(F)F)c2)cc1. The van der Waals surface area contributed by atoms with E-state index in [1.54, 1.807) is 30.3 Å². The van der Waals surface area contributed by atoms with Gasteiger partial charge in [0.05, 0.1) is 11.3 Å². The first-order chi connectivity index (χ1) is 11.2. The number of hydrogen-bond donors (Lipinski definition) is 3. The Morgan fingerprint density at radius 2 is 1.58 bits per heavy atom. The first-order valence-corrected chi connectivity index (χ1v) is 7.44. The van der Waals surface area contributed by atoms with Crippen LogP contribution in [0.3, 0.4) is 0 Å². The molecule has 0 bridgehead atoms. The molecule has 0 aliphatic rings. The Morgan fingerprint density at radius 1 is 0.917 bits per heavy atom. The van der Waals surface area contributed by atoms with E-state index in [-0.39, 0.29) is 11.9 Å². The van der Waals surface area contributed by atoms with Crippen LogP contribution in [0, 0.1) is 0 Å². The molecule has 2 rings (SSSR count). The van der Waals surface area contributed by atoms with Gasteiger partial charge < -0.3 is 17.2 Å². The van der Waals surface area contributed by atoms with E-state index in [1.165, 1.54) is 17.8 Å². The maximum atomic E-state index is 12.7. The Kier molecular flexibility index (Phi) is 5.35. The third-order valence-corrected chi connectivity index (χ3v) is 3.72. The summed E-state index contributed by atoms with van der Waals surface area (Å²) in [7, 11) is 0. The van der Waals surface area contributed by atoms with Gasteiger partial charge in [0.25, 0.3) is 0 Å². The Morgan fingerprint density at radius 3 is 2.17 bits per heavy atom. The third-order valence-electron chi connectivity index (χ3n) is 2.72. The Bertz CT molecular complexity index is 765. The van der Waals surface area contributed by atoms with Crippen molar-refractivity contribution >= 4 is 29.4 Å². The van der Waals surface area contributed by atoms with Crippen LogP contribution in [-0.2, 0) is 6.18 Å². The minimum absolute atomic E-state index is 0.0896. The molecule has 0 heterocycles. The molecule has 5 nitrogen and oxygen atoms in total. The highest BCUT2D eigenvalue weighted by atomic mass is 32.2. The number of nitrogens with two attached hydrogens (primary N) is 3.